The smallest absolute Gasteiger partial charge is 0.225 e. The number of rotatable bonds is 7. The molecule has 27 heavy (non-hydrogen) atoms. The molecule has 2 aliphatic carbocycles. The molecule has 6 nitrogen and oxygen atoms in total. The highest BCUT2D eigenvalue weighted by molar-refractivity contribution is 5.81. The summed E-state index contributed by atoms with van der Waals surface area (Å²) in [6, 6.07) is 1.70. The Balaban J connectivity index is 1.39. The highest BCUT2D eigenvalue weighted by Gasteiger charge is 2.32. The summed E-state index contributed by atoms with van der Waals surface area (Å²) in [5, 5.41) is 6.99. The summed E-state index contributed by atoms with van der Waals surface area (Å²) in [6.07, 6.45) is 9.61. The van der Waals surface area contributed by atoms with Crippen LogP contribution in [0.5, 0.6) is 0 Å². The van der Waals surface area contributed by atoms with Crippen LogP contribution in [-0.4, -0.2) is 73.0 Å². The Morgan fingerprint density at radius 2 is 1.89 bits per heavy atom. The molecule has 3 fully saturated rings. The Morgan fingerprint density at radius 3 is 2.52 bits per heavy atom. The predicted octanol–water partition coefficient (Wildman–Crippen LogP) is 2.21. The summed E-state index contributed by atoms with van der Waals surface area (Å²) in [5.41, 5.74) is 0. The van der Waals surface area contributed by atoms with E-state index in [0.29, 0.717) is 18.0 Å². The zero-order valence-corrected chi connectivity index (χ0v) is 17.5. The molecule has 1 atom stereocenters. The van der Waals surface area contributed by atoms with Gasteiger partial charge in [-0.1, -0.05) is 19.3 Å². The molecule has 0 bridgehead atoms. The van der Waals surface area contributed by atoms with Gasteiger partial charge in [0.25, 0.3) is 0 Å². The van der Waals surface area contributed by atoms with Crippen LogP contribution in [0, 0.1) is 5.92 Å². The molecule has 0 radical (unpaired) electrons. The van der Waals surface area contributed by atoms with Gasteiger partial charge in [0.1, 0.15) is 0 Å². The maximum absolute atomic E-state index is 12.7. The Hall–Kier alpha value is -1.30. The first-order valence-electron chi connectivity index (χ1n) is 11.1. The van der Waals surface area contributed by atoms with E-state index in [1.54, 1.807) is 0 Å². The predicted molar refractivity (Wildman–Crippen MR) is 111 cm³/mol. The molecule has 6 heteroatoms. The first-order chi connectivity index (χ1) is 13.1. The molecule has 0 aromatic rings. The zero-order valence-electron chi connectivity index (χ0n) is 17.5. The van der Waals surface area contributed by atoms with Crippen LogP contribution in [0.3, 0.4) is 0 Å². The average molecular weight is 378 g/mol. The molecule has 2 saturated carbocycles. The summed E-state index contributed by atoms with van der Waals surface area (Å²) in [5.74, 6) is 1.53. The molecular weight excluding hydrogens is 338 g/mol. The van der Waals surface area contributed by atoms with Crippen LogP contribution in [0.2, 0.25) is 0 Å². The number of nitrogens with one attached hydrogen (secondary N) is 2. The fourth-order valence-electron chi connectivity index (χ4n) is 4.65. The summed E-state index contributed by atoms with van der Waals surface area (Å²) in [7, 11) is 1.83. The number of nitrogens with zero attached hydrogens (tertiary/aromatic N) is 3. The number of amides is 1. The molecule has 1 unspecified atom stereocenters. The summed E-state index contributed by atoms with van der Waals surface area (Å²) in [4.78, 5) is 21.8. The van der Waals surface area contributed by atoms with E-state index in [-0.39, 0.29) is 5.92 Å². The van der Waals surface area contributed by atoms with Crippen LogP contribution in [0.1, 0.15) is 65.2 Å². The first-order valence-corrected chi connectivity index (χ1v) is 11.1. The van der Waals surface area contributed by atoms with Crippen molar-refractivity contribution < 1.29 is 4.79 Å². The van der Waals surface area contributed by atoms with Gasteiger partial charge in [0, 0.05) is 57.3 Å². The SMILES string of the molecule is CN=C(NCCN(C(C)C)C1CC1)NC1CCN(C(=O)C2CCCCC2)C1. The minimum Gasteiger partial charge on any atom is -0.355 e. The topological polar surface area (TPSA) is 60.0 Å². The summed E-state index contributed by atoms with van der Waals surface area (Å²) >= 11 is 0. The van der Waals surface area contributed by atoms with Crippen molar-refractivity contribution in [3.05, 3.63) is 0 Å². The Morgan fingerprint density at radius 1 is 1.15 bits per heavy atom. The second-order valence-corrected chi connectivity index (χ2v) is 8.81. The number of carbonyl (C=O) groups is 1. The van der Waals surface area contributed by atoms with Gasteiger partial charge in [-0.2, -0.15) is 0 Å². The highest BCUT2D eigenvalue weighted by atomic mass is 16.2. The van der Waals surface area contributed by atoms with Gasteiger partial charge in [0.2, 0.25) is 5.91 Å². The van der Waals surface area contributed by atoms with Crippen molar-refractivity contribution in [2.45, 2.75) is 83.3 Å². The number of hydrogen-bond acceptors (Lipinski definition) is 3. The summed E-state index contributed by atoms with van der Waals surface area (Å²) in [6.45, 7) is 8.22. The molecule has 0 spiro atoms. The third-order valence-electron chi connectivity index (χ3n) is 6.36. The second-order valence-electron chi connectivity index (χ2n) is 8.81. The van der Waals surface area contributed by atoms with Crippen LogP contribution < -0.4 is 10.6 Å². The molecule has 0 aromatic heterocycles. The van der Waals surface area contributed by atoms with Crippen molar-refractivity contribution in [3.8, 4) is 0 Å². The van der Waals surface area contributed by atoms with Crippen molar-refractivity contribution >= 4 is 11.9 Å². The first kappa shape index (κ1) is 20.4. The van der Waals surface area contributed by atoms with Crippen molar-refractivity contribution in [2.24, 2.45) is 10.9 Å². The minimum atomic E-state index is 0.277. The molecule has 3 rings (SSSR count). The van der Waals surface area contributed by atoms with E-state index < -0.39 is 0 Å². The van der Waals surface area contributed by atoms with Gasteiger partial charge in [0.15, 0.2) is 5.96 Å². The number of aliphatic imine (C=N–C) groups is 1. The normalized spacial score (nSPS) is 24.7. The fourth-order valence-corrected chi connectivity index (χ4v) is 4.65. The van der Waals surface area contributed by atoms with E-state index in [4.69, 9.17) is 0 Å². The number of hydrogen-bond donors (Lipinski definition) is 2. The van der Waals surface area contributed by atoms with Gasteiger partial charge in [0.05, 0.1) is 0 Å². The van der Waals surface area contributed by atoms with Gasteiger partial charge in [-0.25, -0.2) is 0 Å². The van der Waals surface area contributed by atoms with Gasteiger partial charge in [-0.15, -0.1) is 0 Å². The third kappa shape index (κ3) is 5.84. The van der Waals surface area contributed by atoms with Crippen LogP contribution in [-0.2, 0) is 4.79 Å². The van der Waals surface area contributed by atoms with Crippen LogP contribution in [0.15, 0.2) is 4.99 Å². The second kappa shape index (κ2) is 9.76. The van der Waals surface area contributed by atoms with E-state index >= 15 is 0 Å². The maximum Gasteiger partial charge on any atom is 0.225 e. The Labute approximate surface area is 165 Å². The molecule has 1 amide bonds. The van der Waals surface area contributed by atoms with E-state index in [0.717, 1.165) is 57.4 Å². The quantitative estimate of drug-likeness (QED) is 0.527. The molecule has 2 N–H and O–H groups in total. The van der Waals surface area contributed by atoms with Crippen LogP contribution >= 0.6 is 0 Å². The van der Waals surface area contributed by atoms with Gasteiger partial charge in [-0.3, -0.25) is 14.7 Å². The lowest BCUT2D eigenvalue weighted by Crippen LogP contribution is -2.48. The zero-order chi connectivity index (χ0) is 19.2. The lowest BCUT2D eigenvalue weighted by atomic mass is 9.88. The van der Waals surface area contributed by atoms with Crippen molar-refractivity contribution in [1.82, 2.24) is 20.4 Å². The maximum atomic E-state index is 12.7. The highest BCUT2D eigenvalue weighted by Crippen LogP contribution is 2.28. The molecule has 154 valence electrons. The third-order valence-corrected chi connectivity index (χ3v) is 6.36. The molecular formula is C21H39N5O. The van der Waals surface area contributed by atoms with Gasteiger partial charge >= 0.3 is 0 Å². The van der Waals surface area contributed by atoms with Gasteiger partial charge < -0.3 is 15.5 Å². The molecule has 1 saturated heterocycles. The Bertz CT molecular complexity index is 509. The fraction of sp³-hybridized carbons (Fsp3) is 0.905. The number of likely N-dealkylation sites (tertiary alicyclic amines) is 1. The lowest BCUT2D eigenvalue weighted by molar-refractivity contribution is -0.135. The van der Waals surface area contributed by atoms with E-state index in [1.807, 2.05) is 7.05 Å². The molecule has 1 aliphatic heterocycles. The van der Waals surface area contributed by atoms with E-state index in [2.05, 4.69) is 39.3 Å². The van der Waals surface area contributed by atoms with Crippen LogP contribution in [0.25, 0.3) is 0 Å². The number of guanidine groups is 1. The average Bonchev–Trinajstić information content (AvgIpc) is 3.41. The van der Waals surface area contributed by atoms with Crippen LogP contribution in [0.4, 0.5) is 0 Å². The molecule has 3 aliphatic rings. The largest absolute Gasteiger partial charge is 0.355 e. The van der Waals surface area contributed by atoms with Crippen molar-refractivity contribution in [3.63, 3.8) is 0 Å². The van der Waals surface area contributed by atoms with Gasteiger partial charge in [-0.05, 0) is 46.0 Å². The number of carbonyl (C=O) groups excluding carboxylic acids is 1. The summed E-state index contributed by atoms with van der Waals surface area (Å²) < 4.78 is 0. The lowest BCUT2D eigenvalue weighted by Gasteiger charge is -2.27. The molecule has 0 aromatic carbocycles. The monoisotopic (exact) mass is 377 g/mol. The minimum absolute atomic E-state index is 0.277. The van der Waals surface area contributed by atoms with Crippen molar-refractivity contribution in [2.75, 3.05) is 33.2 Å². The van der Waals surface area contributed by atoms with Crippen molar-refractivity contribution in [1.29, 1.82) is 0 Å². The molecule has 1 heterocycles. The Kier molecular flexibility index (Phi) is 7.39. The van der Waals surface area contributed by atoms with E-state index in [9.17, 15) is 4.79 Å². The van der Waals surface area contributed by atoms with E-state index in [1.165, 1.54) is 32.1 Å². The standard InChI is InChI=1S/C21H39N5O/c1-16(2)26(19-9-10-19)14-12-23-21(22-3)24-18-11-13-25(15-18)20(27)17-7-5-4-6-8-17/h16-19H,4-15H2,1-3H3,(H2,22,23,24).